The maximum absolute atomic E-state index is 14.8. The van der Waals surface area contributed by atoms with Crippen LogP contribution in [0.3, 0.4) is 0 Å². The smallest absolute Gasteiger partial charge is 0.276 e. The maximum atomic E-state index is 14.8. The van der Waals surface area contributed by atoms with Gasteiger partial charge in [-0.25, -0.2) is 9.53 Å². The Balaban J connectivity index is 1.55. The van der Waals surface area contributed by atoms with E-state index in [1.807, 2.05) is 0 Å². The van der Waals surface area contributed by atoms with Gasteiger partial charge in [-0.15, -0.1) is 0 Å². The van der Waals surface area contributed by atoms with Crippen LogP contribution in [0, 0.1) is 17.7 Å². The Hall–Kier alpha value is -3.58. The molecule has 188 valence electrons. The van der Waals surface area contributed by atoms with E-state index in [0.717, 1.165) is 10.4 Å². The molecule has 0 spiro atoms. The monoisotopic (exact) mass is 533 g/mol. The molecule has 13 heteroatoms. The van der Waals surface area contributed by atoms with Gasteiger partial charge in [-0.2, -0.15) is 12.7 Å². The van der Waals surface area contributed by atoms with Gasteiger partial charge in [0, 0.05) is 42.1 Å². The van der Waals surface area contributed by atoms with Gasteiger partial charge in [0.05, 0.1) is 23.2 Å². The number of anilines is 2. The molecule has 4 N–H and O–H groups in total. The zero-order valence-corrected chi connectivity index (χ0v) is 20.2. The van der Waals surface area contributed by atoms with Crippen molar-refractivity contribution in [2.75, 3.05) is 23.7 Å². The lowest BCUT2D eigenvalue weighted by molar-refractivity contribution is -0.127. The summed E-state index contributed by atoms with van der Waals surface area (Å²) in [7, 11) is -4.19. The number of carbonyl (C=O) groups excluding carboxylic acids is 2. The van der Waals surface area contributed by atoms with Crippen LogP contribution in [-0.2, 0) is 19.8 Å². The zero-order valence-electron chi connectivity index (χ0n) is 18.6. The van der Waals surface area contributed by atoms with Crippen molar-refractivity contribution in [1.82, 2.24) is 8.87 Å². The van der Waals surface area contributed by atoms with E-state index in [-0.39, 0.29) is 30.0 Å². The molecule has 2 aromatic carbocycles. The molecule has 1 saturated heterocycles. The lowest BCUT2D eigenvalue weighted by Gasteiger charge is -2.18. The fourth-order valence-electron chi connectivity index (χ4n) is 3.90. The molecule has 0 radical (unpaired) electrons. The van der Waals surface area contributed by atoms with Crippen LogP contribution < -0.4 is 21.3 Å². The van der Waals surface area contributed by atoms with Crippen LogP contribution >= 0.6 is 11.6 Å². The summed E-state index contributed by atoms with van der Waals surface area (Å²) >= 11 is 5.85. The molecule has 0 saturated carbocycles. The van der Waals surface area contributed by atoms with Crippen LogP contribution in [0.15, 0.2) is 71.7 Å². The highest BCUT2D eigenvalue weighted by Gasteiger charge is 2.45. The number of amides is 2. The molecule has 1 fully saturated rings. The van der Waals surface area contributed by atoms with Crippen molar-refractivity contribution in [2.45, 2.75) is 0 Å². The summed E-state index contributed by atoms with van der Waals surface area (Å²) in [6.07, 6.45) is 1.47. The van der Waals surface area contributed by atoms with Gasteiger partial charge in [0.25, 0.3) is 15.8 Å². The number of nitrogens with two attached hydrogens (primary N) is 1. The quantitative estimate of drug-likeness (QED) is 0.444. The van der Waals surface area contributed by atoms with E-state index in [9.17, 15) is 27.2 Å². The molecule has 0 unspecified atom stereocenters. The fraction of sp³-hybridized carbons (Fsp3) is 0.174. The van der Waals surface area contributed by atoms with Gasteiger partial charge in [0.1, 0.15) is 5.82 Å². The molecule has 10 nitrogen and oxygen atoms in total. The van der Waals surface area contributed by atoms with Crippen LogP contribution in [0.2, 0.25) is 5.02 Å². The minimum atomic E-state index is -4.19. The SMILES string of the molecule is NS(=O)(=O)N1C[C@H](C(=O)Nc2ccc(Cl)cc2)[C@@H](C(=O)Nc2ccc(-n3ccccc3=O)cc2F)C1. The standard InChI is InChI=1S/C23H21ClFN5O5S/c24-14-4-6-15(7-5-14)27-22(32)17-12-29(36(26,34)35)13-18(17)23(33)28-20-9-8-16(11-19(20)25)30-10-2-1-3-21(30)31/h1-11,17-18H,12-13H2,(H,27,32)(H,28,33)(H2,26,34,35)/t17-,18-/m0/s1. The van der Waals surface area contributed by atoms with Crippen LogP contribution in [-0.4, -0.2) is 42.2 Å². The number of aromatic nitrogens is 1. The first-order chi connectivity index (χ1) is 17.0. The third-order valence-electron chi connectivity index (χ3n) is 5.74. The van der Waals surface area contributed by atoms with Crippen molar-refractivity contribution >= 4 is 45.0 Å². The van der Waals surface area contributed by atoms with E-state index in [4.69, 9.17) is 16.7 Å². The number of benzene rings is 2. The summed E-state index contributed by atoms with van der Waals surface area (Å²) in [5, 5.41) is 10.7. The Kier molecular flexibility index (Phi) is 7.22. The van der Waals surface area contributed by atoms with Crippen molar-refractivity contribution < 1.29 is 22.4 Å². The van der Waals surface area contributed by atoms with Gasteiger partial charge in [0.2, 0.25) is 11.8 Å². The van der Waals surface area contributed by atoms with E-state index in [2.05, 4.69) is 10.6 Å². The number of hydrogen-bond acceptors (Lipinski definition) is 5. The molecule has 2 heterocycles. The van der Waals surface area contributed by atoms with Crippen molar-refractivity contribution in [3.63, 3.8) is 0 Å². The number of nitrogens with one attached hydrogen (secondary N) is 2. The molecule has 1 aromatic heterocycles. The Morgan fingerprint density at radius 3 is 2.19 bits per heavy atom. The van der Waals surface area contributed by atoms with E-state index in [1.54, 1.807) is 36.4 Å². The van der Waals surface area contributed by atoms with Crippen LogP contribution in [0.5, 0.6) is 0 Å². The molecule has 2 amide bonds. The van der Waals surface area contributed by atoms with Gasteiger partial charge >= 0.3 is 0 Å². The summed E-state index contributed by atoms with van der Waals surface area (Å²) < 4.78 is 40.7. The molecule has 3 aromatic rings. The Bertz CT molecular complexity index is 1480. The average molecular weight is 534 g/mol. The number of carbonyl (C=O) groups is 2. The van der Waals surface area contributed by atoms with E-state index in [0.29, 0.717) is 10.7 Å². The molecule has 1 aliphatic heterocycles. The molecule has 0 aliphatic carbocycles. The van der Waals surface area contributed by atoms with Crippen molar-refractivity contribution in [3.8, 4) is 5.69 Å². The third kappa shape index (κ3) is 5.62. The summed E-state index contributed by atoms with van der Waals surface area (Å²) in [6, 6.07) is 14.5. The highest BCUT2D eigenvalue weighted by Crippen LogP contribution is 2.29. The fourth-order valence-corrected chi connectivity index (χ4v) is 4.76. The van der Waals surface area contributed by atoms with Gasteiger partial charge < -0.3 is 10.6 Å². The normalized spacial score (nSPS) is 18.1. The van der Waals surface area contributed by atoms with Gasteiger partial charge in [-0.1, -0.05) is 17.7 Å². The molecular weight excluding hydrogens is 513 g/mol. The van der Waals surface area contributed by atoms with Gasteiger partial charge in [-0.05, 0) is 42.5 Å². The zero-order chi connectivity index (χ0) is 26.0. The molecule has 36 heavy (non-hydrogen) atoms. The minimum Gasteiger partial charge on any atom is -0.326 e. The average Bonchev–Trinajstić information content (AvgIpc) is 3.29. The lowest BCUT2D eigenvalue weighted by Crippen LogP contribution is -2.36. The highest BCUT2D eigenvalue weighted by molar-refractivity contribution is 7.86. The first-order valence-corrected chi connectivity index (χ1v) is 12.5. The van der Waals surface area contributed by atoms with E-state index in [1.165, 1.54) is 29.0 Å². The van der Waals surface area contributed by atoms with E-state index < -0.39 is 39.7 Å². The second-order valence-electron chi connectivity index (χ2n) is 8.13. The molecule has 1 aliphatic rings. The summed E-state index contributed by atoms with van der Waals surface area (Å²) in [5.41, 5.74) is 0.0869. The predicted octanol–water partition coefficient (Wildman–Crippen LogP) is 1.96. The molecule has 0 bridgehead atoms. The largest absolute Gasteiger partial charge is 0.326 e. The second kappa shape index (κ2) is 10.2. The first kappa shape index (κ1) is 25.5. The van der Waals surface area contributed by atoms with Crippen molar-refractivity contribution in [1.29, 1.82) is 0 Å². The Morgan fingerprint density at radius 2 is 1.61 bits per heavy atom. The second-order valence-corrected chi connectivity index (χ2v) is 10.1. The number of halogens is 2. The highest BCUT2D eigenvalue weighted by atomic mass is 35.5. The van der Waals surface area contributed by atoms with Crippen molar-refractivity contribution in [3.05, 3.63) is 88.1 Å². The lowest BCUT2D eigenvalue weighted by atomic mass is 9.94. The number of rotatable bonds is 6. The van der Waals surface area contributed by atoms with Gasteiger partial charge in [0.15, 0.2) is 0 Å². The third-order valence-corrected chi connectivity index (χ3v) is 7.01. The Labute approximate surface area is 210 Å². The summed E-state index contributed by atoms with van der Waals surface area (Å²) in [4.78, 5) is 38.0. The minimum absolute atomic E-state index is 0.196. The number of hydrogen-bond donors (Lipinski definition) is 3. The Morgan fingerprint density at radius 1 is 0.972 bits per heavy atom. The topological polar surface area (TPSA) is 144 Å². The summed E-state index contributed by atoms with van der Waals surface area (Å²) in [6.45, 7) is -0.683. The number of pyridine rings is 1. The molecule has 2 atom stereocenters. The van der Waals surface area contributed by atoms with Crippen LogP contribution in [0.1, 0.15) is 0 Å². The molecular formula is C23H21ClFN5O5S. The number of nitrogens with zero attached hydrogens (tertiary/aromatic N) is 2. The van der Waals surface area contributed by atoms with Crippen LogP contribution in [0.4, 0.5) is 15.8 Å². The van der Waals surface area contributed by atoms with Crippen LogP contribution in [0.25, 0.3) is 5.69 Å². The predicted molar refractivity (Wildman–Crippen MR) is 132 cm³/mol. The van der Waals surface area contributed by atoms with Crippen molar-refractivity contribution in [2.24, 2.45) is 17.0 Å². The summed E-state index contributed by atoms with van der Waals surface area (Å²) in [5.74, 6) is -4.43. The molecule has 4 rings (SSSR count). The maximum Gasteiger partial charge on any atom is 0.276 e. The van der Waals surface area contributed by atoms with E-state index >= 15 is 0 Å². The van der Waals surface area contributed by atoms with Gasteiger partial charge in [-0.3, -0.25) is 19.0 Å². The first-order valence-electron chi connectivity index (χ1n) is 10.7.